The molecule has 0 bridgehead atoms. The van der Waals surface area contributed by atoms with Crippen LogP contribution in [-0.4, -0.2) is 72.4 Å². The molecule has 0 aromatic heterocycles. The van der Waals surface area contributed by atoms with Crippen LogP contribution in [0.25, 0.3) is 0 Å². The van der Waals surface area contributed by atoms with E-state index >= 15 is 0 Å². The average molecular weight is 535 g/mol. The number of aliphatic hydroxyl groups excluding tert-OH is 3. The summed E-state index contributed by atoms with van der Waals surface area (Å²) in [5.41, 5.74) is -6.53. The molecule has 0 heterocycles. The zero-order valence-corrected chi connectivity index (χ0v) is 24.0. The van der Waals surface area contributed by atoms with E-state index in [0.717, 1.165) is 5.57 Å². The number of aliphatic hydroxyl groups is 5. The lowest BCUT2D eigenvalue weighted by Gasteiger charge is -2.64. The average Bonchev–Trinajstić information content (AvgIpc) is 2.94. The summed E-state index contributed by atoms with van der Waals surface area (Å²) in [6, 6.07) is 0. The van der Waals surface area contributed by atoms with E-state index in [9.17, 15) is 39.9 Å². The zero-order valence-electron chi connectivity index (χ0n) is 24.0. The summed E-state index contributed by atoms with van der Waals surface area (Å²) in [6.45, 7) is 13.5. The van der Waals surface area contributed by atoms with Crippen molar-refractivity contribution in [3.05, 3.63) is 11.6 Å². The van der Waals surface area contributed by atoms with Crippen molar-refractivity contribution in [2.24, 2.45) is 39.4 Å². The van der Waals surface area contributed by atoms with Crippen molar-refractivity contribution >= 4 is 17.3 Å². The van der Waals surface area contributed by atoms with Crippen LogP contribution in [0.1, 0.15) is 87.5 Å². The van der Waals surface area contributed by atoms with Gasteiger partial charge in [-0.3, -0.25) is 14.4 Å². The normalized spacial score (nSPS) is 46.0. The maximum Gasteiger partial charge on any atom is 0.168 e. The SMILES string of the molecule is CC(C)(O)CCC(=O)[C@](C)(O)[C@H]1[C@H](O)C(=O)[C@@]2(C)[C@@H]3CC=C4[C@@H](C[C@H](O)[C@@H](O)C4(C)C)[C@]3(C)C(=O)C[C@]12C. The Morgan fingerprint density at radius 2 is 1.61 bits per heavy atom. The number of rotatable bonds is 5. The maximum atomic E-state index is 14.2. The first-order valence-electron chi connectivity index (χ1n) is 13.9. The number of fused-ring (bicyclic) bond motifs is 5. The molecular weight excluding hydrogens is 488 g/mol. The number of carbonyl (C=O) groups is 3. The molecule has 38 heavy (non-hydrogen) atoms. The number of allylic oxidation sites excluding steroid dienone is 1. The minimum Gasteiger partial charge on any atom is -0.390 e. The zero-order chi connectivity index (χ0) is 29.0. The Bertz CT molecular complexity index is 1080. The van der Waals surface area contributed by atoms with Crippen molar-refractivity contribution in [2.75, 3.05) is 0 Å². The van der Waals surface area contributed by atoms with Gasteiger partial charge in [0.2, 0.25) is 0 Å². The topological polar surface area (TPSA) is 152 Å². The van der Waals surface area contributed by atoms with Crippen molar-refractivity contribution in [3.63, 3.8) is 0 Å². The molecular formula is C30H46O8. The molecule has 3 saturated carbocycles. The Morgan fingerprint density at radius 1 is 1.03 bits per heavy atom. The molecule has 4 aliphatic carbocycles. The van der Waals surface area contributed by atoms with Gasteiger partial charge in [-0.25, -0.2) is 0 Å². The number of ketones is 3. The lowest BCUT2D eigenvalue weighted by atomic mass is 9.38. The Labute approximate surface area is 225 Å². The van der Waals surface area contributed by atoms with E-state index in [0.29, 0.717) is 6.42 Å². The standard InChI is InChI=1S/C30H46O8/c1-25(2,37)12-11-19(32)30(8,38)22-21(34)24(36)29(7)18-10-9-15-16(13-17(31)23(35)26(15,3)4)28(18,6)20(33)14-27(22,29)5/h9,16-18,21-23,31,34-35,37-38H,10-14H2,1-8H3/t16-,17+,18-,21+,22+,23-,27-,28+,29-,30+/m1/s1. The number of hydrogen-bond donors (Lipinski definition) is 5. The van der Waals surface area contributed by atoms with Gasteiger partial charge in [-0.1, -0.05) is 46.3 Å². The van der Waals surface area contributed by atoms with Crippen molar-refractivity contribution in [2.45, 2.75) is 117 Å². The molecule has 4 rings (SSSR count). The third-order valence-corrected chi connectivity index (χ3v) is 11.7. The molecule has 0 radical (unpaired) electrons. The Morgan fingerprint density at radius 3 is 2.16 bits per heavy atom. The van der Waals surface area contributed by atoms with Gasteiger partial charge in [0.15, 0.2) is 11.6 Å². The highest BCUT2D eigenvalue weighted by atomic mass is 16.3. The molecule has 214 valence electrons. The molecule has 10 atom stereocenters. The predicted molar refractivity (Wildman–Crippen MR) is 140 cm³/mol. The quantitative estimate of drug-likeness (QED) is 0.336. The van der Waals surface area contributed by atoms with Crippen molar-refractivity contribution in [3.8, 4) is 0 Å². The van der Waals surface area contributed by atoms with Gasteiger partial charge in [0, 0.05) is 35.0 Å². The molecule has 0 spiro atoms. The van der Waals surface area contributed by atoms with Crippen LogP contribution in [0, 0.1) is 39.4 Å². The summed E-state index contributed by atoms with van der Waals surface area (Å²) in [5.74, 6) is -3.29. The van der Waals surface area contributed by atoms with Crippen molar-refractivity contribution in [1.29, 1.82) is 0 Å². The summed E-state index contributed by atoms with van der Waals surface area (Å²) in [6.07, 6.45) is -1.23. The van der Waals surface area contributed by atoms with Crippen molar-refractivity contribution < 1.29 is 39.9 Å². The van der Waals surface area contributed by atoms with Crippen LogP contribution < -0.4 is 0 Å². The predicted octanol–water partition coefficient (Wildman–Crippen LogP) is 2.12. The molecule has 0 unspecified atom stereocenters. The number of carbonyl (C=O) groups excluding carboxylic acids is 3. The molecule has 0 aliphatic heterocycles. The number of Topliss-reactive ketones (excluding diaryl/α,β-unsaturated/α-hetero) is 3. The summed E-state index contributed by atoms with van der Waals surface area (Å²) < 4.78 is 0. The van der Waals surface area contributed by atoms with E-state index in [1.54, 1.807) is 27.7 Å². The maximum absolute atomic E-state index is 14.2. The van der Waals surface area contributed by atoms with Crippen LogP contribution in [0.3, 0.4) is 0 Å². The van der Waals surface area contributed by atoms with Gasteiger partial charge in [-0.15, -0.1) is 0 Å². The fourth-order valence-electron chi connectivity index (χ4n) is 9.10. The van der Waals surface area contributed by atoms with E-state index < -0.39 is 74.6 Å². The molecule has 3 fully saturated rings. The first kappa shape index (κ1) is 29.5. The lowest BCUT2D eigenvalue weighted by molar-refractivity contribution is -0.188. The van der Waals surface area contributed by atoms with Gasteiger partial charge < -0.3 is 25.5 Å². The second kappa shape index (κ2) is 8.53. The molecule has 5 N–H and O–H groups in total. The minimum atomic E-state index is -2.09. The molecule has 0 saturated heterocycles. The lowest BCUT2D eigenvalue weighted by Crippen LogP contribution is -2.66. The third-order valence-electron chi connectivity index (χ3n) is 11.7. The second-order valence-electron chi connectivity index (χ2n) is 14.6. The molecule has 0 amide bonds. The van der Waals surface area contributed by atoms with Gasteiger partial charge >= 0.3 is 0 Å². The van der Waals surface area contributed by atoms with Crippen LogP contribution in [0.5, 0.6) is 0 Å². The van der Waals surface area contributed by atoms with Crippen LogP contribution in [0.4, 0.5) is 0 Å². The van der Waals surface area contributed by atoms with Crippen LogP contribution >= 0.6 is 0 Å². The highest BCUT2D eigenvalue weighted by molar-refractivity contribution is 6.00. The fourth-order valence-corrected chi connectivity index (χ4v) is 9.10. The van der Waals surface area contributed by atoms with Gasteiger partial charge in [0.05, 0.1) is 17.8 Å². The molecule has 0 aromatic carbocycles. The van der Waals surface area contributed by atoms with E-state index in [-0.39, 0.29) is 37.4 Å². The molecule has 0 aromatic rings. The number of hydrogen-bond acceptors (Lipinski definition) is 8. The fraction of sp³-hybridized carbons (Fsp3) is 0.833. The highest BCUT2D eigenvalue weighted by Gasteiger charge is 2.78. The van der Waals surface area contributed by atoms with Crippen molar-refractivity contribution in [1.82, 2.24) is 0 Å². The summed E-state index contributed by atoms with van der Waals surface area (Å²) in [7, 11) is 0. The summed E-state index contributed by atoms with van der Waals surface area (Å²) in [5, 5.41) is 54.6. The second-order valence-corrected chi connectivity index (χ2v) is 14.6. The third kappa shape index (κ3) is 3.63. The van der Waals surface area contributed by atoms with E-state index in [1.807, 2.05) is 26.8 Å². The van der Waals surface area contributed by atoms with Gasteiger partial charge in [-0.05, 0) is 57.3 Å². The highest BCUT2D eigenvalue weighted by Crippen LogP contribution is 2.73. The smallest absolute Gasteiger partial charge is 0.168 e. The van der Waals surface area contributed by atoms with Gasteiger partial charge in [-0.2, -0.15) is 0 Å². The monoisotopic (exact) mass is 534 g/mol. The minimum absolute atomic E-state index is 0.103. The Kier molecular flexibility index (Phi) is 6.63. The Hall–Kier alpha value is -1.45. The molecule has 8 heteroatoms. The van der Waals surface area contributed by atoms with Gasteiger partial charge in [0.1, 0.15) is 17.5 Å². The van der Waals surface area contributed by atoms with Crippen LogP contribution in [-0.2, 0) is 14.4 Å². The van der Waals surface area contributed by atoms with Gasteiger partial charge in [0.25, 0.3) is 0 Å². The summed E-state index contributed by atoms with van der Waals surface area (Å²) >= 11 is 0. The van der Waals surface area contributed by atoms with E-state index in [1.165, 1.54) is 6.92 Å². The summed E-state index contributed by atoms with van der Waals surface area (Å²) in [4.78, 5) is 41.6. The first-order chi connectivity index (χ1) is 17.1. The molecule has 8 nitrogen and oxygen atoms in total. The van der Waals surface area contributed by atoms with E-state index in [4.69, 9.17) is 0 Å². The Balaban J connectivity index is 1.82. The first-order valence-corrected chi connectivity index (χ1v) is 13.9. The van der Waals surface area contributed by atoms with Crippen LogP contribution in [0.15, 0.2) is 11.6 Å². The molecule has 4 aliphatic rings. The largest absolute Gasteiger partial charge is 0.390 e. The van der Waals surface area contributed by atoms with Crippen LogP contribution in [0.2, 0.25) is 0 Å². The van der Waals surface area contributed by atoms with E-state index in [2.05, 4.69) is 0 Å².